The average molecular weight is 285 g/mol. The number of aryl methyl sites for hydroxylation is 1. The van der Waals surface area contributed by atoms with E-state index in [9.17, 15) is 4.39 Å². The summed E-state index contributed by atoms with van der Waals surface area (Å²) in [5, 5.41) is 0.109. The fourth-order valence-corrected chi connectivity index (χ4v) is 3.16. The minimum absolute atomic E-state index is 0.109. The van der Waals surface area contributed by atoms with Crippen molar-refractivity contribution in [3.63, 3.8) is 0 Å². The van der Waals surface area contributed by atoms with Gasteiger partial charge < -0.3 is 4.74 Å². The molecule has 19 heavy (non-hydrogen) atoms. The molecule has 1 aliphatic rings. The van der Waals surface area contributed by atoms with Crippen LogP contribution >= 0.6 is 11.6 Å². The summed E-state index contributed by atoms with van der Waals surface area (Å²) in [6, 6.07) is 3.55. The monoisotopic (exact) mass is 284 g/mol. The minimum atomic E-state index is -0.315. The maximum absolute atomic E-state index is 14.1. The SMILES string of the molecule is COc1ccc(CCC2CCC(C)CC2)c(F)c1Cl. The number of halogens is 2. The zero-order valence-electron chi connectivity index (χ0n) is 11.7. The molecule has 0 heterocycles. The molecule has 0 saturated heterocycles. The van der Waals surface area contributed by atoms with E-state index in [1.165, 1.54) is 32.8 Å². The van der Waals surface area contributed by atoms with Crippen molar-refractivity contribution in [3.05, 3.63) is 28.5 Å². The zero-order valence-corrected chi connectivity index (χ0v) is 12.5. The quantitative estimate of drug-likeness (QED) is 0.734. The van der Waals surface area contributed by atoms with Crippen molar-refractivity contribution in [2.75, 3.05) is 7.11 Å². The summed E-state index contributed by atoms with van der Waals surface area (Å²) in [6.07, 6.45) is 7.03. The van der Waals surface area contributed by atoms with Gasteiger partial charge in [0.05, 0.1) is 7.11 Å². The van der Waals surface area contributed by atoms with Gasteiger partial charge in [-0.25, -0.2) is 4.39 Å². The van der Waals surface area contributed by atoms with E-state index in [0.29, 0.717) is 11.3 Å². The third kappa shape index (κ3) is 3.62. The van der Waals surface area contributed by atoms with Crippen molar-refractivity contribution in [1.29, 1.82) is 0 Å². The molecule has 1 aromatic carbocycles. The Morgan fingerprint density at radius 3 is 2.58 bits per heavy atom. The molecule has 2 rings (SSSR count). The van der Waals surface area contributed by atoms with Gasteiger partial charge in [-0.1, -0.05) is 50.3 Å². The molecule has 1 aliphatic carbocycles. The van der Waals surface area contributed by atoms with Crippen LogP contribution in [0.2, 0.25) is 5.02 Å². The van der Waals surface area contributed by atoms with Crippen LogP contribution in [0.3, 0.4) is 0 Å². The molecule has 0 aliphatic heterocycles. The van der Waals surface area contributed by atoms with Crippen molar-refractivity contribution in [2.45, 2.75) is 45.4 Å². The second-order valence-electron chi connectivity index (χ2n) is 5.72. The smallest absolute Gasteiger partial charge is 0.148 e. The van der Waals surface area contributed by atoms with Crippen LogP contribution in [0.5, 0.6) is 5.75 Å². The molecule has 0 radical (unpaired) electrons. The van der Waals surface area contributed by atoms with Crippen LogP contribution in [0.1, 0.15) is 44.6 Å². The summed E-state index contributed by atoms with van der Waals surface area (Å²) in [5.74, 6) is 1.71. The molecule has 0 bridgehead atoms. The number of rotatable bonds is 4. The molecule has 106 valence electrons. The van der Waals surface area contributed by atoms with Crippen molar-refractivity contribution in [2.24, 2.45) is 11.8 Å². The van der Waals surface area contributed by atoms with Gasteiger partial charge in [0.2, 0.25) is 0 Å². The standard InChI is InChI=1S/C16H22ClFO/c1-11-3-5-12(6-4-11)7-8-13-9-10-14(19-2)15(17)16(13)18/h9-12H,3-8H2,1-2H3. The van der Waals surface area contributed by atoms with Crippen LogP contribution in [0.25, 0.3) is 0 Å². The Labute approximate surface area is 120 Å². The normalized spacial score (nSPS) is 23.4. The summed E-state index contributed by atoms with van der Waals surface area (Å²) in [7, 11) is 1.50. The Hall–Kier alpha value is -0.760. The molecular weight excluding hydrogens is 263 g/mol. The molecule has 0 amide bonds. The highest BCUT2D eigenvalue weighted by Gasteiger charge is 2.19. The number of benzene rings is 1. The Morgan fingerprint density at radius 2 is 1.95 bits per heavy atom. The molecule has 0 atom stereocenters. The highest BCUT2D eigenvalue weighted by molar-refractivity contribution is 6.32. The predicted molar refractivity (Wildman–Crippen MR) is 77.4 cm³/mol. The Kier molecular flexibility index (Phi) is 5.09. The first kappa shape index (κ1) is 14.6. The van der Waals surface area contributed by atoms with Crippen molar-refractivity contribution in [3.8, 4) is 5.75 Å². The highest BCUT2D eigenvalue weighted by atomic mass is 35.5. The fourth-order valence-electron chi connectivity index (χ4n) is 2.90. The summed E-state index contributed by atoms with van der Waals surface area (Å²) < 4.78 is 19.1. The topological polar surface area (TPSA) is 9.23 Å². The second kappa shape index (κ2) is 6.60. The average Bonchev–Trinajstić information content (AvgIpc) is 2.42. The van der Waals surface area contributed by atoms with E-state index in [-0.39, 0.29) is 10.8 Å². The molecule has 0 unspecified atom stereocenters. The van der Waals surface area contributed by atoms with Gasteiger partial charge in [0.25, 0.3) is 0 Å². The van der Waals surface area contributed by atoms with Gasteiger partial charge in [-0.2, -0.15) is 0 Å². The van der Waals surface area contributed by atoms with Gasteiger partial charge >= 0.3 is 0 Å². The third-order valence-corrected chi connectivity index (χ3v) is 4.66. The van der Waals surface area contributed by atoms with Gasteiger partial charge in [-0.3, -0.25) is 0 Å². The molecule has 0 N–H and O–H groups in total. The molecule has 0 spiro atoms. The third-order valence-electron chi connectivity index (χ3n) is 4.30. The lowest BCUT2D eigenvalue weighted by Crippen LogP contribution is -2.13. The van der Waals surface area contributed by atoms with E-state index in [4.69, 9.17) is 16.3 Å². The first-order chi connectivity index (χ1) is 9.11. The molecule has 1 nitrogen and oxygen atoms in total. The summed E-state index contributed by atoms with van der Waals surface area (Å²) in [5.41, 5.74) is 0.712. The summed E-state index contributed by atoms with van der Waals surface area (Å²) >= 11 is 5.94. The summed E-state index contributed by atoms with van der Waals surface area (Å²) in [4.78, 5) is 0. The van der Waals surface area contributed by atoms with Crippen LogP contribution in [-0.4, -0.2) is 7.11 Å². The Morgan fingerprint density at radius 1 is 1.26 bits per heavy atom. The maximum Gasteiger partial charge on any atom is 0.148 e. The first-order valence-corrected chi connectivity index (χ1v) is 7.50. The maximum atomic E-state index is 14.1. The molecule has 1 fully saturated rings. The molecule has 0 aromatic heterocycles. The van der Waals surface area contributed by atoms with Gasteiger partial charge in [-0.05, 0) is 36.3 Å². The minimum Gasteiger partial charge on any atom is -0.495 e. The van der Waals surface area contributed by atoms with Gasteiger partial charge in [0.15, 0.2) is 0 Å². The molecule has 1 aromatic rings. The zero-order chi connectivity index (χ0) is 13.8. The van der Waals surface area contributed by atoms with E-state index in [1.807, 2.05) is 0 Å². The number of ether oxygens (including phenoxy) is 1. The fraction of sp³-hybridized carbons (Fsp3) is 0.625. The molecule has 1 saturated carbocycles. The predicted octanol–water partition coefficient (Wildman–Crippen LogP) is 5.25. The Bertz CT molecular complexity index is 425. The lowest BCUT2D eigenvalue weighted by molar-refractivity contribution is 0.277. The van der Waals surface area contributed by atoms with E-state index >= 15 is 0 Å². The highest BCUT2D eigenvalue weighted by Crippen LogP contribution is 2.33. The Balaban J connectivity index is 1.94. The first-order valence-electron chi connectivity index (χ1n) is 7.12. The molecule has 3 heteroatoms. The lowest BCUT2D eigenvalue weighted by atomic mass is 9.80. The van der Waals surface area contributed by atoms with Crippen LogP contribution in [0, 0.1) is 17.7 Å². The molecular formula is C16H22ClFO. The number of methoxy groups -OCH3 is 1. The largest absolute Gasteiger partial charge is 0.495 e. The van der Waals surface area contributed by atoms with Crippen LogP contribution in [-0.2, 0) is 6.42 Å². The van der Waals surface area contributed by atoms with E-state index in [2.05, 4.69) is 6.92 Å². The van der Waals surface area contributed by atoms with E-state index in [1.54, 1.807) is 12.1 Å². The van der Waals surface area contributed by atoms with Crippen molar-refractivity contribution >= 4 is 11.6 Å². The van der Waals surface area contributed by atoms with E-state index in [0.717, 1.165) is 24.7 Å². The van der Waals surface area contributed by atoms with Crippen LogP contribution in [0.15, 0.2) is 12.1 Å². The van der Waals surface area contributed by atoms with Crippen molar-refractivity contribution < 1.29 is 9.13 Å². The lowest BCUT2D eigenvalue weighted by Gasteiger charge is -2.26. The summed E-state index contributed by atoms with van der Waals surface area (Å²) in [6.45, 7) is 2.32. The number of hydrogen-bond donors (Lipinski definition) is 0. The van der Waals surface area contributed by atoms with Crippen LogP contribution in [0.4, 0.5) is 4.39 Å². The van der Waals surface area contributed by atoms with Crippen LogP contribution < -0.4 is 4.74 Å². The van der Waals surface area contributed by atoms with Gasteiger partial charge in [0.1, 0.15) is 16.6 Å². The van der Waals surface area contributed by atoms with Gasteiger partial charge in [0, 0.05) is 0 Å². The van der Waals surface area contributed by atoms with Gasteiger partial charge in [-0.15, -0.1) is 0 Å². The number of hydrogen-bond acceptors (Lipinski definition) is 1. The van der Waals surface area contributed by atoms with Crippen molar-refractivity contribution in [1.82, 2.24) is 0 Å². The van der Waals surface area contributed by atoms with E-state index < -0.39 is 0 Å². The second-order valence-corrected chi connectivity index (χ2v) is 6.10.